The number of nitrogens with one attached hydrogen (secondary N) is 1. The van der Waals surface area contributed by atoms with Crippen LogP contribution in [0.15, 0.2) is 43.0 Å². The van der Waals surface area contributed by atoms with Crippen LogP contribution in [0, 0.1) is 0 Å². The van der Waals surface area contributed by atoms with Gasteiger partial charge < -0.3 is 19.5 Å². The van der Waals surface area contributed by atoms with Crippen LogP contribution >= 0.6 is 0 Å². The first kappa shape index (κ1) is 16.0. The van der Waals surface area contributed by atoms with Gasteiger partial charge in [0.25, 0.3) is 17.4 Å². The number of hydrogen-bond donors (Lipinski definition) is 1. The van der Waals surface area contributed by atoms with Gasteiger partial charge >= 0.3 is 0 Å². The van der Waals surface area contributed by atoms with Crippen molar-refractivity contribution in [2.24, 2.45) is 0 Å². The quantitative estimate of drug-likeness (QED) is 0.837. The Labute approximate surface area is 140 Å². The maximum atomic E-state index is 12.8. The molecule has 1 aromatic heterocycles. The van der Waals surface area contributed by atoms with Crippen molar-refractivity contribution in [3.63, 3.8) is 0 Å². The molecule has 2 heterocycles. The molecule has 0 aliphatic carbocycles. The van der Waals surface area contributed by atoms with E-state index in [4.69, 9.17) is 4.74 Å². The third kappa shape index (κ3) is 2.73. The van der Waals surface area contributed by atoms with E-state index in [-0.39, 0.29) is 5.91 Å². The van der Waals surface area contributed by atoms with Crippen molar-refractivity contribution in [3.05, 3.63) is 43.0 Å². The van der Waals surface area contributed by atoms with Gasteiger partial charge in [-0.2, -0.15) is 0 Å². The number of rotatable bonds is 5. The van der Waals surface area contributed by atoms with Gasteiger partial charge in [-0.3, -0.25) is 9.59 Å². The topological polar surface area (TPSA) is 76.5 Å². The second kappa shape index (κ2) is 6.35. The van der Waals surface area contributed by atoms with Crippen LogP contribution in [0.25, 0.3) is 0 Å². The Bertz CT molecular complexity index is 744. The lowest BCUT2D eigenvalue weighted by Crippen LogP contribution is -2.62. The predicted molar refractivity (Wildman–Crippen MR) is 88.7 cm³/mol. The van der Waals surface area contributed by atoms with Gasteiger partial charge in [-0.05, 0) is 26.0 Å². The molecule has 1 aliphatic rings. The number of carbonyl (C=O) groups is 2. The summed E-state index contributed by atoms with van der Waals surface area (Å²) in [7, 11) is 0. The van der Waals surface area contributed by atoms with Gasteiger partial charge in [-0.15, -0.1) is 0 Å². The summed E-state index contributed by atoms with van der Waals surface area (Å²) < 4.78 is 7.64. The van der Waals surface area contributed by atoms with Crippen molar-refractivity contribution in [2.45, 2.75) is 26.0 Å². The van der Waals surface area contributed by atoms with E-state index in [0.29, 0.717) is 31.1 Å². The molecule has 1 aromatic carbocycles. The van der Waals surface area contributed by atoms with Crippen molar-refractivity contribution in [3.8, 4) is 5.75 Å². The van der Waals surface area contributed by atoms with E-state index < -0.39 is 11.5 Å². The molecule has 1 unspecified atom stereocenters. The van der Waals surface area contributed by atoms with E-state index in [2.05, 4.69) is 10.3 Å². The predicted octanol–water partition coefficient (Wildman–Crippen LogP) is 1.20. The molecule has 0 fully saturated rings. The zero-order chi connectivity index (χ0) is 17.2. The van der Waals surface area contributed by atoms with Crippen LogP contribution in [0.4, 0.5) is 5.69 Å². The number of likely N-dealkylation sites (N-methyl/N-ethyl adjacent to an activating group) is 1. The highest BCUT2D eigenvalue weighted by atomic mass is 16.5. The average Bonchev–Trinajstić information content (AvgIpc) is 3.09. The van der Waals surface area contributed by atoms with E-state index in [9.17, 15) is 9.59 Å². The van der Waals surface area contributed by atoms with Crippen molar-refractivity contribution in [1.29, 1.82) is 0 Å². The molecule has 7 nitrogen and oxygen atoms in total. The van der Waals surface area contributed by atoms with Gasteiger partial charge in [0, 0.05) is 32.0 Å². The molecule has 0 spiro atoms. The Morgan fingerprint density at radius 3 is 2.88 bits per heavy atom. The lowest BCUT2D eigenvalue weighted by Gasteiger charge is -2.39. The highest BCUT2D eigenvalue weighted by molar-refractivity contribution is 6.16. The molecule has 3 rings (SSSR count). The number of aromatic nitrogens is 2. The Morgan fingerprint density at radius 1 is 1.38 bits per heavy atom. The molecule has 0 saturated heterocycles. The number of carbonyl (C=O) groups excluding carboxylic acids is 2. The normalized spacial score (nSPS) is 19.6. The molecular formula is C17H20N4O3. The number of fused-ring (bicyclic) bond motifs is 1. The molecule has 7 heteroatoms. The fraction of sp³-hybridized carbons (Fsp3) is 0.353. The Balaban J connectivity index is 1.76. The van der Waals surface area contributed by atoms with Crippen LogP contribution in [-0.4, -0.2) is 40.1 Å². The largest absolute Gasteiger partial charge is 0.466 e. The summed E-state index contributed by atoms with van der Waals surface area (Å²) in [6.07, 6.45) is 5.16. The van der Waals surface area contributed by atoms with E-state index in [0.717, 1.165) is 0 Å². The fourth-order valence-electron chi connectivity index (χ4n) is 2.74. The van der Waals surface area contributed by atoms with Crippen LogP contribution in [-0.2, 0) is 16.1 Å². The van der Waals surface area contributed by atoms with Crippen LogP contribution in [0.2, 0.25) is 0 Å². The second-order valence-corrected chi connectivity index (χ2v) is 5.71. The molecule has 2 amide bonds. The first-order valence-electron chi connectivity index (χ1n) is 7.90. The maximum absolute atomic E-state index is 12.8. The summed E-state index contributed by atoms with van der Waals surface area (Å²) >= 11 is 0. The number of hydrogen-bond acceptors (Lipinski definition) is 4. The van der Waals surface area contributed by atoms with Gasteiger partial charge in [0.15, 0.2) is 0 Å². The molecule has 1 N–H and O–H groups in total. The Hall–Kier alpha value is -2.83. The number of nitrogens with zero attached hydrogens (tertiary/aromatic N) is 3. The van der Waals surface area contributed by atoms with Crippen LogP contribution in [0.5, 0.6) is 5.75 Å². The average molecular weight is 328 g/mol. The molecule has 126 valence electrons. The van der Waals surface area contributed by atoms with E-state index in [1.807, 2.05) is 35.9 Å². The molecule has 0 bridgehead atoms. The summed E-state index contributed by atoms with van der Waals surface area (Å²) in [4.78, 5) is 30.9. The van der Waals surface area contributed by atoms with Crippen LogP contribution < -0.4 is 15.0 Å². The number of amides is 2. The smallest absolute Gasteiger partial charge is 0.280 e. The highest BCUT2D eigenvalue weighted by Gasteiger charge is 2.50. The fourth-order valence-corrected chi connectivity index (χ4v) is 2.74. The Kier molecular flexibility index (Phi) is 4.24. The van der Waals surface area contributed by atoms with Crippen LogP contribution in [0.3, 0.4) is 0 Å². The third-order valence-electron chi connectivity index (χ3n) is 4.09. The first-order chi connectivity index (χ1) is 11.6. The lowest BCUT2D eigenvalue weighted by atomic mass is 10.00. The molecule has 0 radical (unpaired) electrons. The first-order valence-corrected chi connectivity index (χ1v) is 7.90. The lowest BCUT2D eigenvalue weighted by molar-refractivity contribution is -0.148. The minimum Gasteiger partial charge on any atom is -0.466 e. The van der Waals surface area contributed by atoms with E-state index in [1.165, 1.54) is 6.92 Å². The summed E-state index contributed by atoms with van der Waals surface area (Å²) in [6, 6.07) is 7.24. The van der Waals surface area contributed by atoms with Gasteiger partial charge in [0.05, 0.1) is 12.0 Å². The zero-order valence-corrected chi connectivity index (χ0v) is 13.7. The number of para-hydroxylation sites is 2. The molecule has 0 saturated carbocycles. The van der Waals surface area contributed by atoms with Crippen molar-refractivity contribution in [2.75, 3.05) is 18.0 Å². The monoisotopic (exact) mass is 328 g/mol. The summed E-state index contributed by atoms with van der Waals surface area (Å²) in [5.41, 5.74) is -0.882. The summed E-state index contributed by atoms with van der Waals surface area (Å²) in [5.74, 6) is -0.268. The minimum atomic E-state index is -1.57. The molecule has 24 heavy (non-hydrogen) atoms. The summed E-state index contributed by atoms with van der Waals surface area (Å²) in [5, 5.41) is 2.78. The maximum Gasteiger partial charge on any atom is 0.280 e. The van der Waals surface area contributed by atoms with Gasteiger partial charge in [0.2, 0.25) is 0 Å². The third-order valence-corrected chi connectivity index (χ3v) is 4.09. The number of anilines is 1. The number of imidazole rings is 1. The van der Waals surface area contributed by atoms with Crippen LogP contribution in [0.1, 0.15) is 13.8 Å². The molecule has 2 aromatic rings. The zero-order valence-electron chi connectivity index (χ0n) is 13.7. The molecule has 1 atom stereocenters. The van der Waals surface area contributed by atoms with Gasteiger partial charge in [-0.1, -0.05) is 12.1 Å². The Morgan fingerprint density at radius 2 is 2.17 bits per heavy atom. The van der Waals surface area contributed by atoms with Gasteiger partial charge in [0.1, 0.15) is 5.75 Å². The van der Waals surface area contributed by atoms with E-state index >= 15 is 0 Å². The minimum absolute atomic E-state index is 0.358. The number of benzene rings is 1. The highest BCUT2D eigenvalue weighted by Crippen LogP contribution is 2.37. The van der Waals surface area contributed by atoms with Crippen molar-refractivity contribution >= 4 is 17.5 Å². The molecule has 1 aliphatic heterocycles. The SMILES string of the molecule is CCN1C(=O)C(C)(C(=O)NCCn2ccnc2)Oc2ccccc21. The van der Waals surface area contributed by atoms with E-state index in [1.54, 1.807) is 23.5 Å². The molecular weight excluding hydrogens is 308 g/mol. The standard InChI is InChI=1S/C17H20N4O3/c1-3-21-13-6-4-5-7-14(13)24-17(2,16(21)23)15(22)19-9-11-20-10-8-18-12-20/h4-8,10,12H,3,9,11H2,1-2H3,(H,19,22). The summed E-state index contributed by atoms with van der Waals surface area (Å²) in [6.45, 7) is 4.81. The van der Waals surface area contributed by atoms with Crippen molar-refractivity contribution < 1.29 is 14.3 Å². The second-order valence-electron chi connectivity index (χ2n) is 5.71. The number of ether oxygens (including phenoxy) is 1. The van der Waals surface area contributed by atoms with Crippen molar-refractivity contribution in [1.82, 2.24) is 14.9 Å². The van der Waals surface area contributed by atoms with Gasteiger partial charge in [-0.25, -0.2) is 4.98 Å².